The number of nitrogens with one attached hydrogen (secondary N) is 2. The first-order chi connectivity index (χ1) is 14.6. The van der Waals surface area contributed by atoms with E-state index in [1.54, 1.807) is 4.90 Å². The van der Waals surface area contributed by atoms with E-state index in [-0.39, 0.29) is 18.0 Å². The van der Waals surface area contributed by atoms with Crippen LogP contribution in [0.4, 0.5) is 4.79 Å². The minimum Gasteiger partial charge on any atom is -0.491 e. The van der Waals surface area contributed by atoms with Crippen molar-refractivity contribution in [3.8, 4) is 5.75 Å². The van der Waals surface area contributed by atoms with E-state index in [9.17, 15) is 9.59 Å². The Kier molecular flexibility index (Phi) is 6.21. The van der Waals surface area contributed by atoms with Gasteiger partial charge >= 0.3 is 6.03 Å². The average molecular weight is 408 g/mol. The average Bonchev–Trinajstić information content (AvgIpc) is 3.02. The standard InChI is InChI=1S/C24H29N3O3/c1-2-25-24(29)27-13-14-30-22-11-7-17(15-19(22)16-27)8-12-23(28)26-21-10-9-18-5-3-4-6-20(18)21/h3-7,11,15,21H,2,8-10,12-14,16H2,1H3,(H,25,29)(H,26,28). The fourth-order valence-electron chi connectivity index (χ4n) is 4.27. The van der Waals surface area contributed by atoms with E-state index in [2.05, 4.69) is 34.9 Å². The molecule has 1 aliphatic carbocycles. The highest BCUT2D eigenvalue weighted by Crippen LogP contribution is 2.31. The molecule has 0 spiro atoms. The predicted molar refractivity (Wildman–Crippen MR) is 115 cm³/mol. The molecule has 3 amide bonds. The third-order valence-electron chi connectivity index (χ3n) is 5.83. The lowest BCUT2D eigenvalue weighted by Gasteiger charge is -2.20. The van der Waals surface area contributed by atoms with Gasteiger partial charge in [0.1, 0.15) is 12.4 Å². The summed E-state index contributed by atoms with van der Waals surface area (Å²) in [6, 6.07) is 14.4. The van der Waals surface area contributed by atoms with Crippen LogP contribution < -0.4 is 15.4 Å². The van der Waals surface area contributed by atoms with Crippen LogP contribution >= 0.6 is 0 Å². The smallest absolute Gasteiger partial charge is 0.317 e. The Morgan fingerprint density at radius 1 is 1.17 bits per heavy atom. The van der Waals surface area contributed by atoms with Crippen LogP contribution in [0.5, 0.6) is 5.75 Å². The molecule has 0 radical (unpaired) electrons. The highest BCUT2D eigenvalue weighted by atomic mass is 16.5. The van der Waals surface area contributed by atoms with E-state index in [4.69, 9.17) is 4.74 Å². The number of urea groups is 1. The summed E-state index contributed by atoms with van der Waals surface area (Å²) in [6.07, 6.45) is 3.10. The first-order valence-electron chi connectivity index (χ1n) is 10.8. The quantitative estimate of drug-likeness (QED) is 0.799. The molecule has 0 saturated heterocycles. The zero-order valence-corrected chi connectivity index (χ0v) is 17.4. The van der Waals surface area contributed by atoms with Crippen molar-refractivity contribution in [3.05, 3.63) is 64.7 Å². The van der Waals surface area contributed by atoms with E-state index in [1.807, 2.05) is 25.1 Å². The molecular formula is C24H29N3O3. The van der Waals surface area contributed by atoms with Crippen LogP contribution in [-0.2, 0) is 24.2 Å². The van der Waals surface area contributed by atoms with Gasteiger partial charge in [0.2, 0.25) is 5.91 Å². The van der Waals surface area contributed by atoms with Crippen molar-refractivity contribution < 1.29 is 14.3 Å². The Bertz CT molecular complexity index is 928. The molecule has 1 unspecified atom stereocenters. The molecule has 6 nitrogen and oxygen atoms in total. The highest BCUT2D eigenvalue weighted by molar-refractivity contribution is 5.77. The van der Waals surface area contributed by atoms with Gasteiger partial charge in [-0.15, -0.1) is 0 Å². The molecule has 158 valence electrons. The fraction of sp³-hybridized carbons (Fsp3) is 0.417. The second-order valence-electron chi connectivity index (χ2n) is 7.91. The number of carbonyl (C=O) groups is 2. The fourth-order valence-corrected chi connectivity index (χ4v) is 4.27. The lowest BCUT2D eigenvalue weighted by molar-refractivity contribution is -0.121. The maximum absolute atomic E-state index is 12.5. The molecule has 6 heteroatoms. The SMILES string of the molecule is CCNC(=O)N1CCOc2ccc(CCC(=O)NC3CCc4ccccc43)cc2C1. The molecular weight excluding hydrogens is 378 g/mol. The third kappa shape index (κ3) is 4.58. The summed E-state index contributed by atoms with van der Waals surface area (Å²) < 4.78 is 5.81. The van der Waals surface area contributed by atoms with Gasteiger partial charge in [0.05, 0.1) is 19.1 Å². The minimum atomic E-state index is -0.0735. The number of fused-ring (bicyclic) bond motifs is 2. The molecule has 0 bridgehead atoms. The van der Waals surface area contributed by atoms with Crippen molar-refractivity contribution in [2.24, 2.45) is 0 Å². The van der Waals surface area contributed by atoms with Crippen molar-refractivity contribution in [3.63, 3.8) is 0 Å². The van der Waals surface area contributed by atoms with E-state index >= 15 is 0 Å². The normalized spacial score (nSPS) is 17.4. The molecule has 0 fully saturated rings. The lowest BCUT2D eigenvalue weighted by Crippen LogP contribution is -2.40. The second-order valence-corrected chi connectivity index (χ2v) is 7.91. The van der Waals surface area contributed by atoms with E-state index in [0.717, 1.165) is 29.7 Å². The maximum atomic E-state index is 12.5. The topological polar surface area (TPSA) is 70.7 Å². The van der Waals surface area contributed by atoms with Gasteiger partial charge in [0.15, 0.2) is 0 Å². The van der Waals surface area contributed by atoms with Crippen molar-refractivity contribution in [1.29, 1.82) is 0 Å². The summed E-state index contributed by atoms with van der Waals surface area (Å²) in [4.78, 5) is 26.5. The third-order valence-corrected chi connectivity index (χ3v) is 5.83. The Morgan fingerprint density at radius 2 is 2.03 bits per heavy atom. The summed E-state index contributed by atoms with van der Waals surface area (Å²) in [5.41, 5.74) is 4.65. The summed E-state index contributed by atoms with van der Waals surface area (Å²) in [7, 11) is 0. The first kappa shape index (κ1) is 20.3. The number of benzene rings is 2. The number of hydrogen-bond donors (Lipinski definition) is 2. The van der Waals surface area contributed by atoms with Gasteiger partial charge in [0.25, 0.3) is 0 Å². The molecule has 1 atom stereocenters. The van der Waals surface area contributed by atoms with Crippen LogP contribution in [-0.4, -0.2) is 36.5 Å². The largest absolute Gasteiger partial charge is 0.491 e. The summed E-state index contributed by atoms with van der Waals surface area (Å²) in [5.74, 6) is 0.893. The van der Waals surface area contributed by atoms with E-state index < -0.39 is 0 Å². The van der Waals surface area contributed by atoms with Crippen LogP contribution in [0.2, 0.25) is 0 Å². The van der Waals surface area contributed by atoms with Crippen LogP contribution in [0, 0.1) is 0 Å². The summed E-state index contributed by atoms with van der Waals surface area (Å²) >= 11 is 0. The van der Waals surface area contributed by atoms with Gasteiger partial charge in [0, 0.05) is 18.5 Å². The molecule has 2 aromatic carbocycles. The maximum Gasteiger partial charge on any atom is 0.317 e. The van der Waals surface area contributed by atoms with Gasteiger partial charge in [-0.2, -0.15) is 0 Å². The van der Waals surface area contributed by atoms with Crippen molar-refractivity contribution in [2.45, 2.75) is 45.2 Å². The monoisotopic (exact) mass is 407 g/mol. The number of hydrogen-bond acceptors (Lipinski definition) is 3. The highest BCUT2D eigenvalue weighted by Gasteiger charge is 2.23. The summed E-state index contributed by atoms with van der Waals surface area (Å²) in [5, 5.41) is 6.04. The van der Waals surface area contributed by atoms with E-state index in [0.29, 0.717) is 39.1 Å². The Balaban J connectivity index is 1.35. The van der Waals surface area contributed by atoms with Gasteiger partial charge in [-0.25, -0.2) is 4.79 Å². The molecule has 0 aromatic heterocycles. The number of aryl methyl sites for hydroxylation is 2. The number of ether oxygens (including phenoxy) is 1. The second kappa shape index (κ2) is 9.20. The van der Waals surface area contributed by atoms with Crippen molar-refractivity contribution >= 4 is 11.9 Å². The van der Waals surface area contributed by atoms with Gasteiger partial charge < -0.3 is 20.3 Å². The molecule has 2 aromatic rings. The molecule has 2 N–H and O–H groups in total. The molecule has 2 aliphatic rings. The Morgan fingerprint density at radius 3 is 2.90 bits per heavy atom. The van der Waals surface area contributed by atoms with Gasteiger partial charge in [-0.05, 0) is 48.9 Å². The number of nitrogens with zero attached hydrogens (tertiary/aromatic N) is 1. The lowest BCUT2D eigenvalue weighted by atomic mass is 10.0. The molecule has 0 saturated carbocycles. The van der Waals surface area contributed by atoms with Crippen LogP contribution in [0.1, 0.15) is 48.1 Å². The Hall–Kier alpha value is -3.02. The van der Waals surface area contributed by atoms with E-state index in [1.165, 1.54) is 11.1 Å². The zero-order valence-electron chi connectivity index (χ0n) is 17.4. The van der Waals surface area contributed by atoms with Crippen LogP contribution in [0.25, 0.3) is 0 Å². The first-order valence-corrected chi connectivity index (χ1v) is 10.8. The molecule has 1 aliphatic heterocycles. The molecule has 1 heterocycles. The van der Waals surface area contributed by atoms with Gasteiger partial charge in [-0.3, -0.25) is 4.79 Å². The molecule has 30 heavy (non-hydrogen) atoms. The predicted octanol–water partition coefficient (Wildman–Crippen LogP) is 3.35. The van der Waals surface area contributed by atoms with Crippen molar-refractivity contribution in [2.75, 3.05) is 19.7 Å². The number of rotatable bonds is 5. The number of amides is 3. The minimum absolute atomic E-state index is 0.0735. The van der Waals surface area contributed by atoms with Crippen LogP contribution in [0.15, 0.2) is 42.5 Å². The van der Waals surface area contributed by atoms with Gasteiger partial charge in [-0.1, -0.05) is 36.4 Å². The zero-order chi connectivity index (χ0) is 20.9. The molecule has 4 rings (SSSR count). The number of carbonyl (C=O) groups excluding carboxylic acids is 2. The summed E-state index contributed by atoms with van der Waals surface area (Å²) in [6.45, 7) is 4.06. The van der Waals surface area contributed by atoms with Crippen molar-refractivity contribution in [1.82, 2.24) is 15.5 Å². The Labute approximate surface area is 177 Å². The van der Waals surface area contributed by atoms with Crippen LogP contribution in [0.3, 0.4) is 0 Å².